The van der Waals surface area contributed by atoms with Gasteiger partial charge in [-0.3, -0.25) is 9.59 Å². The minimum absolute atomic E-state index is 0.0767. The maximum absolute atomic E-state index is 12.7. The van der Waals surface area contributed by atoms with Crippen molar-refractivity contribution in [2.75, 3.05) is 23.3 Å². The van der Waals surface area contributed by atoms with Crippen LogP contribution in [-0.2, 0) is 4.79 Å². The molecule has 0 aliphatic carbocycles. The van der Waals surface area contributed by atoms with Crippen molar-refractivity contribution in [2.24, 2.45) is 0 Å². The van der Waals surface area contributed by atoms with Crippen molar-refractivity contribution in [1.82, 2.24) is 5.32 Å². The smallest absolute Gasteiger partial charge is 0.253 e. The predicted molar refractivity (Wildman–Crippen MR) is 94.0 cm³/mol. The zero-order valence-corrected chi connectivity index (χ0v) is 14.3. The van der Waals surface area contributed by atoms with Crippen LogP contribution in [0, 0.1) is 0 Å². The molecule has 1 aromatic rings. The first kappa shape index (κ1) is 17.3. The quantitative estimate of drug-likeness (QED) is 0.877. The molecule has 1 atom stereocenters. The van der Waals surface area contributed by atoms with E-state index in [1.165, 1.54) is 13.3 Å². The Bertz CT molecular complexity index is 565. The number of hydrogen-bond acceptors (Lipinski definition) is 3. The number of anilines is 2. The van der Waals surface area contributed by atoms with E-state index in [1.807, 2.05) is 26.0 Å². The molecule has 5 heteroatoms. The second kappa shape index (κ2) is 7.99. The Morgan fingerprint density at radius 1 is 1.22 bits per heavy atom. The summed E-state index contributed by atoms with van der Waals surface area (Å²) in [5.74, 6) is -0.212. The molecule has 1 aliphatic heterocycles. The lowest BCUT2D eigenvalue weighted by Crippen LogP contribution is -2.35. The second-order valence-corrected chi connectivity index (χ2v) is 6.24. The van der Waals surface area contributed by atoms with Crippen LogP contribution in [0.1, 0.15) is 56.8 Å². The van der Waals surface area contributed by atoms with Crippen LogP contribution in [0.2, 0.25) is 0 Å². The van der Waals surface area contributed by atoms with Crippen molar-refractivity contribution < 1.29 is 9.59 Å². The molecule has 0 unspecified atom stereocenters. The Morgan fingerprint density at radius 3 is 2.52 bits per heavy atom. The lowest BCUT2D eigenvalue weighted by Gasteiger charge is -2.30. The van der Waals surface area contributed by atoms with Crippen molar-refractivity contribution in [3.8, 4) is 0 Å². The predicted octanol–water partition coefficient (Wildman–Crippen LogP) is 3.16. The third kappa shape index (κ3) is 4.71. The summed E-state index contributed by atoms with van der Waals surface area (Å²) in [4.78, 5) is 26.2. The van der Waals surface area contributed by atoms with Crippen LogP contribution < -0.4 is 15.5 Å². The lowest BCUT2D eigenvalue weighted by molar-refractivity contribution is -0.114. The van der Waals surface area contributed by atoms with Crippen molar-refractivity contribution in [3.63, 3.8) is 0 Å². The van der Waals surface area contributed by atoms with Crippen LogP contribution in [0.5, 0.6) is 0 Å². The Morgan fingerprint density at radius 2 is 1.91 bits per heavy atom. The average Bonchev–Trinajstić information content (AvgIpc) is 2.54. The molecule has 23 heavy (non-hydrogen) atoms. The van der Waals surface area contributed by atoms with E-state index < -0.39 is 0 Å². The van der Waals surface area contributed by atoms with Crippen molar-refractivity contribution in [3.05, 3.63) is 23.8 Å². The zero-order valence-electron chi connectivity index (χ0n) is 14.3. The van der Waals surface area contributed by atoms with E-state index in [2.05, 4.69) is 15.5 Å². The number of rotatable bonds is 5. The maximum Gasteiger partial charge on any atom is 0.253 e. The topological polar surface area (TPSA) is 61.4 Å². The van der Waals surface area contributed by atoms with Gasteiger partial charge in [-0.2, -0.15) is 0 Å². The third-order valence-electron chi connectivity index (χ3n) is 4.25. The number of hydrogen-bond donors (Lipinski definition) is 2. The van der Waals surface area contributed by atoms with Crippen molar-refractivity contribution >= 4 is 23.2 Å². The van der Waals surface area contributed by atoms with Gasteiger partial charge in [0.25, 0.3) is 5.91 Å². The molecule has 0 aromatic heterocycles. The zero-order chi connectivity index (χ0) is 16.8. The number of piperidine rings is 1. The third-order valence-corrected chi connectivity index (χ3v) is 4.25. The van der Waals surface area contributed by atoms with Gasteiger partial charge < -0.3 is 15.5 Å². The lowest BCUT2D eigenvalue weighted by atomic mass is 10.1. The average molecular weight is 317 g/mol. The van der Waals surface area contributed by atoms with Gasteiger partial charge in [-0.15, -0.1) is 0 Å². The number of nitrogens with one attached hydrogen (secondary N) is 2. The molecular weight excluding hydrogens is 290 g/mol. The number of carbonyl (C=O) groups is 2. The van der Waals surface area contributed by atoms with Gasteiger partial charge >= 0.3 is 0 Å². The summed E-state index contributed by atoms with van der Waals surface area (Å²) in [7, 11) is 0. The molecule has 0 spiro atoms. The minimum Gasteiger partial charge on any atom is -0.371 e. The highest BCUT2D eigenvalue weighted by Gasteiger charge is 2.20. The molecule has 0 bridgehead atoms. The first-order chi connectivity index (χ1) is 11.0. The van der Waals surface area contributed by atoms with Gasteiger partial charge in [0, 0.05) is 37.4 Å². The van der Waals surface area contributed by atoms with Gasteiger partial charge in [-0.1, -0.05) is 6.92 Å². The van der Waals surface area contributed by atoms with Gasteiger partial charge in [0.05, 0.1) is 5.56 Å². The number of amides is 2. The van der Waals surface area contributed by atoms with Crippen LogP contribution in [0.4, 0.5) is 11.4 Å². The van der Waals surface area contributed by atoms with Gasteiger partial charge in [-0.25, -0.2) is 0 Å². The first-order valence-corrected chi connectivity index (χ1v) is 8.48. The Kier molecular flexibility index (Phi) is 6.02. The van der Waals surface area contributed by atoms with E-state index >= 15 is 0 Å². The molecule has 1 fully saturated rings. The minimum atomic E-state index is -0.135. The summed E-state index contributed by atoms with van der Waals surface area (Å²) in [5.41, 5.74) is 2.26. The summed E-state index contributed by atoms with van der Waals surface area (Å²) < 4.78 is 0. The Hall–Kier alpha value is -2.04. The summed E-state index contributed by atoms with van der Waals surface area (Å²) in [6, 6.07) is 5.72. The molecule has 0 saturated carbocycles. The van der Waals surface area contributed by atoms with E-state index in [0.717, 1.165) is 38.0 Å². The molecular formula is C18H27N3O2. The van der Waals surface area contributed by atoms with Gasteiger partial charge in [0.2, 0.25) is 5.91 Å². The summed E-state index contributed by atoms with van der Waals surface area (Å²) in [6.07, 6.45) is 4.44. The van der Waals surface area contributed by atoms with E-state index in [9.17, 15) is 9.59 Å². The Labute approximate surface area is 138 Å². The SMILES string of the molecule is CC[C@H](C)NC(=O)c1cc(NC(C)=O)ccc1N1CCCCC1. The van der Waals surface area contributed by atoms with Crippen molar-refractivity contribution in [2.45, 2.75) is 52.5 Å². The highest BCUT2D eigenvalue weighted by atomic mass is 16.2. The number of nitrogens with zero attached hydrogens (tertiary/aromatic N) is 1. The van der Waals surface area contributed by atoms with Gasteiger partial charge in [0.1, 0.15) is 0 Å². The fourth-order valence-electron chi connectivity index (χ4n) is 2.81. The fraction of sp³-hybridized carbons (Fsp3) is 0.556. The van der Waals surface area contributed by atoms with Crippen LogP contribution in [-0.4, -0.2) is 30.9 Å². The summed E-state index contributed by atoms with van der Waals surface area (Å²) in [5, 5.41) is 5.79. The van der Waals surface area contributed by atoms with Crippen LogP contribution in [0.3, 0.4) is 0 Å². The molecule has 2 N–H and O–H groups in total. The van der Waals surface area contributed by atoms with E-state index in [-0.39, 0.29) is 17.9 Å². The number of benzene rings is 1. The monoisotopic (exact) mass is 317 g/mol. The molecule has 1 heterocycles. The van der Waals surface area contributed by atoms with Gasteiger partial charge in [-0.05, 0) is 50.8 Å². The number of carbonyl (C=O) groups excluding carboxylic acids is 2. The molecule has 5 nitrogen and oxygen atoms in total. The summed E-state index contributed by atoms with van der Waals surface area (Å²) in [6.45, 7) is 7.46. The molecule has 0 radical (unpaired) electrons. The summed E-state index contributed by atoms with van der Waals surface area (Å²) >= 11 is 0. The largest absolute Gasteiger partial charge is 0.371 e. The maximum atomic E-state index is 12.7. The molecule has 1 saturated heterocycles. The van der Waals surface area contributed by atoms with Gasteiger partial charge in [0.15, 0.2) is 0 Å². The standard InChI is InChI=1S/C18H27N3O2/c1-4-13(2)19-18(23)16-12-15(20-14(3)22)8-9-17(16)21-10-6-5-7-11-21/h8-9,12-13H,4-7,10-11H2,1-3H3,(H,19,23)(H,20,22)/t13-/m0/s1. The highest BCUT2D eigenvalue weighted by Crippen LogP contribution is 2.27. The molecule has 1 aromatic carbocycles. The normalized spacial score (nSPS) is 15.9. The van der Waals surface area contributed by atoms with Crippen LogP contribution in [0.25, 0.3) is 0 Å². The van der Waals surface area contributed by atoms with E-state index in [4.69, 9.17) is 0 Å². The van der Waals surface area contributed by atoms with E-state index in [0.29, 0.717) is 11.3 Å². The Balaban J connectivity index is 2.31. The molecule has 2 rings (SSSR count). The second-order valence-electron chi connectivity index (χ2n) is 6.24. The molecule has 2 amide bonds. The fourth-order valence-corrected chi connectivity index (χ4v) is 2.81. The molecule has 126 valence electrons. The van der Waals surface area contributed by atoms with E-state index in [1.54, 1.807) is 6.07 Å². The van der Waals surface area contributed by atoms with Crippen molar-refractivity contribution in [1.29, 1.82) is 0 Å². The highest BCUT2D eigenvalue weighted by molar-refractivity contribution is 6.02. The molecule has 1 aliphatic rings. The first-order valence-electron chi connectivity index (χ1n) is 8.48. The van der Waals surface area contributed by atoms with Crippen LogP contribution in [0.15, 0.2) is 18.2 Å². The van der Waals surface area contributed by atoms with Crippen LogP contribution >= 0.6 is 0 Å².